The van der Waals surface area contributed by atoms with Gasteiger partial charge in [0.05, 0.1) is 0 Å². The molecule has 0 aromatic carbocycles. The van der Waals surface area contributed by atoms with E-state index in [0.29, 0.717) is 24.8 Å². The normalized spacial score (nSPS) is 17.0. The number of aryl methyl sites for hydroxylation is 1. The molecule has 4 rings (SSSR count). The summed E-state index contributed by atoms with van der Waals surface area (Å²) in [6.45, 7) is 3.07. The molecule has 0 radical (unpaired) electrons. The van der Waals surface area contributed by atoms with Gasteiger partial charge >= 0.3 is 0 Å². The van der Waals surface area contributed by atoms with E-state index in [2.05, 4.69) is 4.98 Å². The maximum Gasteiger partial charge on any atom is 0.272 e. The molecule has 2 aromatic heterocycles. The number of carbonyl (C=O) groups excluding carboxylic acids is 1. The van der Waals surface area contributed by atoms with Gasteiger partial charge in [0.15, 0.2) is 0 Å². The Kier molecular flexibility index (Phi) is 3.29. The van der Waals surface area contributed by atoms with Crippen LogP contribution < -0.4 is 5.56 Å². The predicted octanol–water partition coefficient (Wildman–Crippen LogP) is 2.09. The van der Waals surface area contributed by atoms with Crippen molar-refractivity contribution in [3.63, 3.8) is 0 Å². The van der Waals surface area contributed by atoms with Gasteiger partial charge in [0, 0.05) is 37.1 Å². The topological polar surface area (TPSA) is 55.2 Å². The van der Waals surface area contributed by atoms with Gasteiger partial charge in [0.25, 0.3) is 11.5 Å². The lowest BCUT2D eigenvalue weighted by Gasteiger charge is -2.29. The summed E-state index contributed by atoms with van der Waals surface area (Å²) < 4.78 is 1.83. The molecule has 0 N–H and O–H groups in total. The predicted molar refractivity (Wildman–Crippen MR) is 86.4 cm³/mol. The fourth-order valence-electron chi connectivity index (χ4n) is 3.18. The molecule has 2 aliphatic rings. The zero-order valence-corrected chi connectivity index (χ0v) is 13.2. The fraction of sp³-hybridized carbons (Fsp3) is 0.389. The summed E-state index contributed by atoms with van der Waals surface area (Å²) >= 11 is 0. The number of hydrogen-bond donors (Lipinski definition) is 0. The molecule has 3 heterocycles. The van der Waals surface area contributed by atoms with Crippen LogP contribution >= 0.6 is 0 Å². The molecular formula is C18H19N3O2. The highest BCUT2D eigenvalue weighted by atomic mass is 16.2. The molecule has 1 aliphatic carbocycles. The molecule has 118 valence electrons. The van der Waals surface area contributed by atoms with Gasteiger partial charge in [0.2, 0.25) is 0 Å². The van der Waals surface area contributed by atoms with Crippen LogP contribution in [0.5, 0.6) is 0 Å². The molecule has 1 amide bonds. The van der Waals surface area contributed by atoms with Gasteiger partial charge in [-0.05, 0) is 49.4 Å². The zero-order valence-electron chi connectivity index (χ0n) is 13.2. The molecule has 0 spiro atoms. The van der Waals surface area contributed by atoms with Crippen LogP contribution in [-0.4, -0.2) is 26.9 Å². The van der Waals surface area contributed by atoms with Crippen LogP contribution in [-0.2, 0) is 13.0 Å². The minimum atomic E-state index is -0.0384. The second-order valence-electron chi connectivity index (χ2n) is 6.44. The number of rotatable bonds is 2. The van der Waals surface area contributed by atoms with E-state index in [1.54, 1.807) is 12.1 Å². The summed E-state index contributed by atoms with van der Waals surface area (Å²) in [6, 6.07) is 7.61. The van der Waals surface area contributed by atoms with Crippen LogP contribution in [0.2, 0.25) is 0 Å². The Balaban J connectivity index is 1.62. The summed E-state index contributed by atoms with van der Waals surface area (Å²) in [6.07, 6.45) is 4.84. The Morgan fingerprint density at radius 1 is 1.26 bits per heavy atom. The first-order valence-electron chi connectivity index (χ1n) is 8.09. The highest BCUT2D eigenvalue weighted by molar-refractivity contribution is 5.92. The molecule has 1 aliphatic heterocycles. The van der Waals surface area contributed by atoms with E-state index < -0.39 is 0 Å². The molecule has 23 heavy (non-hydrogen) atoms. The number of aromatic nitrogens is 2. The van der Waals surface area contributed by atoms with Crippen LogP contribution in [0.1, 0.15) is 46.2 Å². The highest BCUT2D eigenvalue weighted by Gasteiger charge is 2.28. The van der Waals surface area contributed by atoms with Crippen LogP contribution in [0, 0.1) is 6.92 Å². The Morgan fingerprint density at radius 3 is 2.83 bits per heavy atom. The van der Waals surface area contributed by atoms with Crippen LogP contribution in [0.3, 0.4) is 0 Å². The average Bonchev–Trinajstić information content (AvgIpc) is 3.38. The van der Waals surface area contributed by atoms with Crippen LogP contribution in [0.4, 0.5) is 0 Å². The maximum atomic E-state index is 12.7. The third-order valence-corrected chi connectivity index (χ3v) is 4.61. The van der Waals surface area contributed by atoms with Crippen molar-refractivity contribution in [2.24, 2.45) is 0 Å². The molecule has 1 saturated carbocycles. The first-order valence-corrected chi connectivity index (χ1v) is 8.09. The smallest absolute Gasteiger partial charge is 0.272 e. The number of nitrogens with zero attached hydrogens (tertiary/aromatic N) is 3. The Bertz CT molecular complexity index is 836. The van der Waals surface area contributed by atoms with E-state index in [4.69, 9.17) is 0 Å². The standard InChI is InChI=1S/C18H19N3O2/c1-12-3-2-4-16(19-12)18(23)20-8-7-13-9-17(22)21(15-5-6-15)11-14(13)10-20/h2-4,9,11,15H,5-8,10H2,1H3. The van der Waals surface area contributed by atoms with E-state index in [0.717, 1.165) is 36.1 Å². The van der Waals surface area contributed by atoms with Gasteiger partial charge < -0.3 is 9.47 Å². The van der Waals surface area contributed by atoms with Gasteiger partial charge in [0.1, 0.15) is 5.69 Å². The fourth-order valence-corrected chi connectivity index (χ4v) is 3.18. The van der Waals surface area contributed by atoms with Gasteiger partial charge in [-0.25, -0.2) is 4.98 Å². The molecular weight excluding hydrogens is 290 g/mol. The van der Waals surface area contributed by atoms with E-state index in [-0.39, 0.29) is 11.5 Å². The summed E-state index contributed by atoms with van der Waals surface area (Å²) in [4.78, 5) is 30.9. The highest BCUT2D eigenvalue weighted by Crippen LogP contribution is 2.34. The second kappa shape index (κ2) is 5.33. The first-order chi connectivity index (χ1) is 11.1. The SMILES string of the molecule is Cc1cccc(C(=O)N2CCc3cc(=O)n(C4CC4)cc3C2)n1. The summed E-state index contributed by atoms with van der Waals surface area (Å²) in [5, 5.41) is 0. The number of pyridine rings is 2. The van der Waals surface area contributed by atoms with Crippen LogP contribution in [0.15, 0.2) is 35.3 Å². The second-order valence-corrected chi connectivity index (χ2v) is 6.44. The third-order valence-electron chi connectivity index (χ3n) is 4.61. The average molecular weight is 309 g/mol. The number of fused-ring (bicyclic) bond motifs is 1. The van der Waals surface area contributed by atoms with Crippen molar-refractivity contribution in [2.75, 3.05) is 6.54 Å². The minimum Gasteiger partial charge on any atom is -0.333 e. The largest absolute Gasteiger partial charge is 0.333 e. The molecule has 0 atom stereocenters. The Hall–Kier alpha value is -2.43. The van der Waals surface area contributed by atoms with Gasteiger partial charge in [-0.3, -0.25) is 9.59 Å². The summed E-state index contributed by atoms with van der Waals surface area (Å²) in [5.41, 5.74) is 3.59. The van der Waals surface area contributed by atoms with Crippen molar-refractivity contribution in [1.82, 2.24) is 14.5 Å². The molecule has 0 saturated heterocycles. The molecule has 0 bridgehead atoms. The Morgan fingerprint density at radius 2 is 2.09 bits per heavy atom. The van der Waals surface area contributed by atoms with Crippen molar-refractivity contribution in [3.8, 4) is 0 Å². The number of carbonyl (C=O) groups is 1. The summed E-state index contributed by atoms with van der Waals surface area (Å²) in [7, 11) is 0. The molecule has 5 heteroatoms. The van der Waals surface area contributed by atoms with E-state index in [1.807, 2.05) is 34.7 Å². The third kappa shape index (κ3) is 2.67. The van der Waals surface area contributed by atoms with Gasteiger partial charge in [-0.15, -0.1) is 0 Å². The van der Waals surface area contributed by atoms with E-state index in [1.165, 1.54) is 0 Å². The maximum absolute atomic E-state index is 12.7. The van der Waals surface area contributed by atoms with Gasteiger partial charge in [-0.1, -0.05) is 6.07 Å². The molecule has 0 unspecified atom stereocenters. The van der Waals surface area contributed by atoms with Crippen molar-refractivity contribution in [3.05, 3.63) is 63.3 Å². The zero-order chi connectivity index (χ0) is 16.0. The van der Waals surface area contributed by atoms with Gasteiger partial charge in [-0.2, -0.15) is 0 Å². The van der Waals surface area contributed by atoms with Crippen molar-refractivity contribution >= 4 is 5.91 Å². The quantitative estimate of drug-likeness (QED) is 0.853. The Labute approximate surface area is 134 Å². The molecule has 1 fully saturated rings. The van der Waals surface area contributed by atoms with E-state index in [9.17, 15) is 9.59 Å². The van der Waals surface area contributed by atoms with Crippen molar-refractivity contribution in [1.29, 1.82) is 0 Å². The lowest BCUT2D eigenvalue weighted by molar-refractivity contribution is 0.0728. The van der Waals surface area contributed by atoms with Crippen LogP contribution in [0.25, 0.3) is 0 Å². The summed E-state index contributed by atoms with van der Waals surface area (Å²) in [5.74, 6) is -0.0384. The minimum absolute atomic E-state index is 0.0384. The molecule has 5 nitrogen and oxygen atoms in total. The molecule has 2 aromatic rings. The lowest BCUT2D eigenvalue weighted by Crippen LogP contribution is -2.37. The first kappa shape index (κ1) is 14.2. The number of amides is 1. The number of hydrogen-bond acceptors (Lipinski definition) is 3. The lowest BCUT2D eigenvalue weighted by atomic mass is 10.0. The monoisotopic (exact) mass is 309 g/mol. The van der Waals surface area contributed by atoms with E-state index >= 15 is 0 Å². The van der Waals surface area contributed by atoms with Crippen molar-refractivity contribution in [2.45, 2.75) is 38.8 Å². The van der Waals surface area contributed by atoms with Crippen molar-refractivity contribution < 1.29 is 4.79 Å².